The van der Waals surface area contributed by atoms with Gasteiger partial charge in [-0.15, -0.1) is 0 Å². The molecule has 0 amide bonds. The Bertz CT molecular complexity index is 376. The highest BCUT2D eigenvalue weighted by Gasteiger charge is 2.16. The van der Waals surface area contributed by atoms with Gasteiger partial charge in [-0.1, -0.05) is 13.3 Å². The highest BCUT2D eigenvalue weighted by atomic mass is 15.2. The van der Waals surface area contributed by atoms with E-state index in [1.165, 1.54) is 12.8 Å². The van der Waals surface area contributed by atoms with E-state index in [0.717, 1.165) is 23.0 Å². The Morgan fingerprint density at radius 1 is 1.29 bits per heavy atom. The minimum atomic E-state index is 0.498. The number of aryl methyl sites for hydroxylation is 1. The van der Waals surface area contributed by atoms with Crippen LogP contribution in [0.25, 0.3) is 0 Å². The summed E-state index contributed by atoms with van der Waals surface area (Å²) in [6.45, 7) is 8.44. The average Bonchev–Trinajstić information content (AvgIpc) is 2.31. The average molecular weight is 236 g/mol. The lowest BCUT2D eigenvalue weighted by Crippen LogP contribution is -2.30. The molecule has 0 spiro atoms. The zero-order valence-electron chi connectivity index (χ0n) is 11.8. The van der Waals surface area contributed by atoms with Gasteiger partial charge in [0, 0.05) is 25.7 Å². The Kier molecular flexibility index (Phi) is 4.73. The van der Waals surface area contributed by atoms with Crippen molar-refractivity contribution in [1.29, 1.82) is 0 Å². The quantitative estimate of drug-likeness (QED) is 0.853. The van der Waals surface area contributed by atoms with Crippen LogP contribution in [0.3, 0.4) is 0 Å². The summed E-state index contributed by atoms with van der Waals surface area (Å²) < 4.78 is 0. The van der Waals surface area contributed by atoms with Crippen LogP contribution < -0.4 is 10.2 Å². The smallest absolute Gasteiger partial charge is 0.137 e. The Balaban J connectivity index is 3.08. The van der Waals surface area contributed by atoms with Gasteiger partial charge in [-0.2, -0.15) is 0 Å². The molecule has 0 bridgehead atoms. The molecular formula is C13H24N4. The van der Waals surface area contributed by atoms with Gasteiger partial charge >= 0.3 is 0 Å². The highest BCUT2D eigenvalue weighted by molar-refractivity contribution is 5.58. The number of hydrogen-bond acceptors (Lipinski definition) is 4. The summed E-state index contributed by atoms with van der Waals surface area (Å²) in [6, 6.07) is 0.498. The number of anilines is 2. The van der Waals surface area contributed by atoms with Crippen molar-refractivity contribution in [2.24, 2.45) is 0 Å². The van der Waals surface area contributed by atoms with Gasteiger partial charge in [0.1, 0.15) is 17.5 Å². The van der Waals surface area contributed by atoms with E-state index in [2.05, 4.69) is 48.0 Å². The first-order valence-electron chi connectivity index (χ1n) is 6.27. The Labute approximate surface area is 104 Å². The predicted octanol–water partition coefficient (Wildman–Crippen LogP) is 2.76. The zero-order valence-corrected chi connectivity index (χ0v) is 11.8. The molecule has 1 atom stereocenters. The summed E-state index contributed by atoms with van der Waals surface area (Å²) in [5, 5.41) is 3.12. The molecule has 0 aliphatic carbocycles. The number of hydrogen-bond donors (Lipinski definition) is 1. The maximum absolute atomic E-state index is 4.56. The van der Waals surface area contributed by atoms with Gasteiger partial charge in [0.05, 0.1) is 0 Å². The standard InChI is InChI=1S/C13H24N4/c1-7-8-9(2)17(6)13-10(3)12(14-5)15-11(4)16-13/h9H,7-8H2,1-6H3,(H,14,15,16). The number of aromatic nitrogens is 2. The van der Waals surface area contributed by atoms with Crippen LogP contribution in [-0.2, 0) is 0 Å². The fourth-order valence-electron chi connectivity index (χ4n) is 2.02. The van der Waals surface area contributed by atoms with Crippen molar-refractivity contribution in [2.75, 3.05) is 24.3 Å². The van der Waals surface area contributed by atoms with Crippen molar-refractivity contribution in [2.45, 2.75) is 46.6 Å². The van der Waals surface area contributed by atoms with Gasteiger partial charge in [-0.05, 0) is 27.2 Å². The Hall–Kier alpha value is -1.32. The van der Waals surface area contributed by atoms with Crippen LogP contribution in [0.15, 0.2) is 0 Å². The fraction of sp³-hybridized carbons (Fsp3) is 0.692. The van der Waals surface area contributed by atoms with E-state index < -0.39 is 0 Å². The summed E-state index contributed by atoms with van der Waals surface area (Å²) in [7, 11) is 4.00. The lowest BCUT2D eigenvalue weighted by Gasteiger charge is -2.27. The van der Waals surface area contributed by atoms with Crippen LogP contribution >= 0.6 is 0 Å². The summed E-state index contributed by atoms with van der Waals surface area (Å²) in [6.07, 6.45) is 2.36. The summed E-state index contributed by atoms with van der Waals surface area (Å²) in [5.41, 5.74) is 1.11. The van der Waals surface area contributed by atoms with E-state index in [1.54, 1.807) is 0 Å². The fourth-order valence-corrected chi connectivity index (χ4v) is 2.02. The van der Waals surface area contributed by atoms with Gasteiger partial charge in [0.25, 0.3) is 0 Å². The maximum Gasteiger partial charge on any atom is 0.137 e. The molecule has 1 unspecified atom stereocenters. The normalized spacial score (nSPS) is 12.4. The van der Waals surface area contributed by atoms with E-state index in [0.29, 0.717) is 6.04 Å². The van der Waals surface area contributed by atoms with Crippen LogP contribution in [-0.4, -0.2) is 30.1 Å². The molecule has 1 aromatic heterocycles. The molecular weight excluding hydrogens is 212 g/mol. The third kappa shape index (κ3) is 3.08. The number of nitrogens with zero attached hydrogens (tertiary/aromatic N) is 3. The van der Waals surface area contributed by atoms with Crippen LogP contribution in [0.4, 0.5) is 11.6 Å². The third-order valence-corrected chi connectivity index (χ3v) is 3.17. The van der Waals surface area contributed by atoms with Crippen LogP contribution in [0.5, 0.6) is 0 Å². The molecule has 1 heterocycles. The number of rotatable bonds is 5. The van der Waals surface area contributed by atoms with Crippen LogP contribution in [0.1, 0.15) is 38.1 Å². The maximum atomic E-state index is 4.56. The molecule has 1 aromatic rings. The first-order valence-corrected chi connectivity index (χ1v) is 6.27. The zero-order chi connectivity index (χ0) is 13.0. The molecule has 0 radical (unpaired) electrons. The molecule has 0 aromatic carbocycles. The molecule has 1 N–H and O–H groups in total. The van der Waals surface area contributed by atoms with E-state index in [9.17, 15) is 0 Å². The van der Waals surface area contributed by atoms with Gasteiger partial charge in [0.2, 0.25) is 0 Å². The molecule has 17 heavy (non-hydrogen) atoms. The Morgan fingerprint density at radius 3 is 2.47 bits per heavy atom. The molecule has 0 saturated heterocycles. The van der Waals surface area contributed by atoms with E-state index in [4.69, 9.17) is 0 Å². The SMILES string of the molecule is CCCC(C)N(C)c1nc(C)nc(NC)c1C. The van der Waals surface area contributed by atoms with Crippen molar-refractivity contribution in [3.05, 3.63) is 11.4 Å². The largest absolute Gasteiger partial charge is 0.373 e. The summed E-state index contributed by atoms with van der Waals surface area (Å²) in [5.74, 6) is 2.76. The number of nitrogens with one attached hydrogen (secondary N) is 1. The molecule has 0 aliphatic rings. The molecule has 4 nitrogen and oxygen atoms in total. The monoisotopic (exact) mass is 236 g/mol. The van der Waals surface area contributed by atoms with Crippen molar-refractivity contribution in [1.82, 2.24) is 9.97 Å². The van der Waals surface area contributed by atoms with Crippen LogP contribution in [0.2, 0.25) is 0 Å². The van der Waals surface area contributed by atoms with Crippen molar-refractivity contribution < 1.29 is 0 Å². The molecule has 96 valence electrons. The van der Waals surface area contributed by atoms with E-state index in [1.807, 2.05) is 14.0 Å². The van der Waals surface area contributed by atoms with Crippen molar-refractivity contribution >= 4 is 11.6 Å². The topological polar surface area (TPSA) is 41.1 Å². The summed E-state index contributed by atoms with van der Waals surface area (Å²) >= 11 is 0. The van der Waals surface area contributed by atoms with Gasteiger partial charge in [0.15, 0.2) is 0 Å². The van der Waals surface area contributed by atoms with E-state index >= 15 is 0 Å². The van der Waals surface area contributed by atoms with Crippen LogP contribution in [0, 0.1) is 13.8 Å². The Morgan fingerprint density at radius 2 is 1.94 bits per heavy atom. The predicted molar refractivity (Wildman–Crippen MR) is 73.8 cm³/mol. The first kappa shape index (κ1) is 13.7. The third-order valence-electron chi connectivity index (χ3n) is 3.17. The van der Waals surface area contributed by atoms with Crippen molar-refractivity contribution in [3.8, 4) is 0 Å². The molecule has 1 rings (SSSR count). The highest BCUT2D eigenvalue weighted by Crippen LogP contribution is 2.24. The van der Waals surface area contributed by atoms with Gasteiger partial charge < -0.3 is 10.2 Å². The molecule has 0 aliphatic heterocycles. The van der Waals surface area contributed by atoms with Crippen molar-refractivity contribution in [3.63, 3.8) is 0 Å². The first-order chi connectivity index (χ1) is 8.01. The second-order valence-electron chi connectivity index (χ2n) is 4.57. The lowest BCUT2D eigenvalue weighted by molar-refractivity contribution is 0.609. The minimum Gasteiger partial charge on any atom is -0.373 e. The summed E-state index contributed by atoms with van der Waals surface area (Å²) in [4.78, 5) is 11.2. The second-order valence-corrected chi connectivity index (χ2v) is 4.57. The lowest BCUT2D eigenvalue weighted by atomic mass is 10.1. The minimum absolute atomic E-state index is 0.498. The molecule has 0 fully saturated rings. The van der Waals surface area contributed by atoms with Gasteiger partial charge in [-0.3, -0.25) is 0 Å². The van der Waals surface area contributed by atoms with E-state index in [-0.39, 0.29) is 0 Å². The molecule has 0 saturated carbocycles. The van der Waals surface area contributed by atoms with Gasteiger partial charge in [-0.25, -0.2) is 9.97 Å². The second kappa shape index (κ2) is 5.84. The molecule has 4 heteroatoms.